The Hall–Kier alpha value is -3.94. The van der Waals surface area contributed by atoms with Crippen molar-refractivity contribution in [2.24, 2.45) is 0 Å². The zero-order valence-corrected chi connectivity index (χ0v) is 17.8. The molecular formula is C24H23N3O5. The summed E-state index contributed by atoms with van der Waals surface area (Å²) in [4.78, 5) is 36.2. The molecule has 2 N–H and O–H groups in total. The highest BCUT2D eigenvalue weighted by Crippen LogP contribution is 2.42. The van der Waals surface area contributed by atoms with E-state index in [2.05, 4.69) is 10.6 Å². The molecule has 1 amide bonds. The molecule has 1 atom stereocenters. The van der Waals surface area contributed by atoms with Crippen LogP contribution in [0.1, 0.15) is 43.2 Å². The minimum atomic E-state index is -0.672. The van der Waals surface area contributed by atoms with Crippen LogP contribution in [0.3, 0.4) is 0 Å². The van der Waals surface area contributed by atoms with Crippen molar-refractivity contribution in [1.29, 1.82) is 0 Å². The molecule has 1 heterocycles. The lowest BCUT2D eigenvalue weighted by atomic mass is 9.78. The van der Waals surface area contributed by atoms with Gasteiger partial charge >= 0.3 is 6.09 Å². The summed E-state index contributed by atoms with van der Waals surface area (Å²) < 4.78 is 5.75. The van der Waals surface area contributed by atoms with E-state index in [4.69, 9.17) is 4.74 Å². The van der Waals surface area contributed by atoms with Gasteiger partial charge in [0.15, 0.2) is 5.78 Å². The highest BCUT2D eigenvalue weighted by Gasteiger charge is 2.38. The molecule has 8 heteroatoms. The number of aryl methyl sites for hydroxylation is 1. The fourth-order valence-electron chi connectivity index (χ4n) is 4.15. The molecule has 0 radical (unpaired) electrons. The van der Waals surface area contributed by atoms with Gasteiger partial charge in [0.05, 0.1) is 16.5 Å². The number of nitrogens with zero attached hydrogens (tertiary/aromatic N) is 1. The number of carbonyl (C=O) groups is 2. The summed E-state index contributed by atoms with van der Waals surface area (Å²) >= 11 is 0. The first kappa shape index (κ1) is 21.3. The Kier molecular flexibility index (Phi) is 5.77. The van der Waals surface area contributed by atoms with Gasteiger partial charge in [0.2, 0.25) is 0 Å². The monoisotopic (exact) mass is 433 g/mol. The third kappa shape index (κ3) is 4.12. The van der Waals surface area contributed by atoms with Gasteiger partial charge in [0.25, 0.3) is 5.69 Å². The molecule has 1 aliphatic heterocycles. The third-order valence-corrected chi connectivity index (χ3v) is 5.74. The highest BCUT2D eigenvalue weighted by atomic mass is 16.6. The van der Waals surface area contributed by atoms with E-state index in [0.717, 1.165) is 17.7 Å². The van der Waals surface area contributed by atoms with Gasteiger partial charge in [0, 0.05) is 35.5 Å². The Morgan fingerprint density at radius 2 is 1.84 bits per heavy atom. The number of benzene rings is 2. The van der Waals surface area contributed by atoms with Crippen molar-refractivity contribution in [2.75, 3.05) is 5.32 Å². The van der Waals surface area contributed by atoms with Crippen molar-refractivity contribution in [3.63, 3.8) is 0 Å². The van der Waals surface area contributed by atoms with Gasteiger partial charge in [-0.15, -0.1) is 0 Å². The van der Waals surface area contributed by atoms with E-state index in [-0.39, 0.29) is 11.5 Å². The number of nitrogens with one attached hydrogen (secondary N) is 2. The van der Waals surface area contributed by atoms with Gasteiger partial charge in [-0.1, -0.05) is 30.3 Å². The molecule has 32 heavy (non-hydrogen) atoms. The Bertz CT molecular complexity index is 1160. The maximum atomic E-state index is 12.9. The fraction of sp³-hybridized carbons (Fsp3) is 0.250. The minimum Gasteiger partial charge on any atom is -0.412 e. The molecule has 1 aliphatic carbocycles. The van der Waals surface area contributed by atoms with E-state index >= 15 is 0 Å². The number of carbonyl (C=O) groups excluding carboxylic acids is 2. The number of rotatable bonds is 4. The molecule has 8 nitrogen and oxygen atoms in total. The zero-order chi connectivity index (χ0) is 22.8. The van der Waals surface area contributed by atoms with Crippen LogP contribution in [0.15, 0.2) is 71.3 Å². The second-order valence-electron chi connectivity index (χ2n) is 7.89. The van der Waals surface area contributed by atoms with Gasteiger partial charge in [0.1, 0.15) is 5.76 Å². The molecule has 2 aromatic rings. The van der Waals surface area contributed by atoms with Crippen molar-refractivity contribution < 1.29 is 19.2 Å². The minimum absolute atomic E-state index is 0.0185. The number of hydrogen-bond donors (Lipinski definition) is 2. The van der Waals surface area contributed by atoms with Crippen molar-refractivity contribution in [1.82, 2.24) is 5.32 Å². The zero-order valence-electron chi connectivity index (χ0n) is 17.8. The lowest BCUT2D eigenvalue weighted by Gasteiger charge is -2.34. The van der Waals surface area contributed by atoms with Crippen LogP contribution in [-0.2, 0) is 9.53 Å². The van der Waals surface area contributed by atoms with Crippen LogP contribution >= 0.6 is 0 Å². The van der Waals surface area contributed by atoms with Crippen molar-refractivity contribution >= 4 is 23.3 Å². The van der Waals surface area contributed by atoms with E-state index in [0.29, 0.717) is 41.1 Å². The number of Topliss-reactive ketones (excluding diaryl/α,β-unsaturated/α-hetero) is 1. The van der Waals surface area contributed by atoms with Crippen LogP contribution in [0, 0.1) is 17.0 Å². The van der Waals surface area contributed by atoms with Crippen LogP contribution in [0.25, 0.3) is 0 Å². The average Bonchev–Trinajstić information content (AvgIpc) is 2.76. The molecule has 1 unspecified atom stereocenters. The van der Waals surface area contributed by atoms with Gasteiger partial charge in [-0.3, -0.25) is 20.2 Å². The number of dihydropyridines is 1. The molecule has 2 aromatic carbocycles. The largest absolute Gasteiger partial charge is 0.416 e. The predicted octanol–water partition coefficient (Wildman–Crippen LogP) is 5.08. The van der Waals surface area contributed by atoms with Crippen LogP contribution in [0.2, 0.25) is 0 Å². The van der Waals surface area contributed by atoms with E-state index in [9.17, 15) is 19.7 Å². The Balaban J connectivity index is 1.70. The molecule has 0 saturated heterocycles. The second-order valence-corrected chi connectivity index (χ2v) is 7.89. The Morgan fingerprint density at radius 3 is 2.53 bits per heavy atom. The molecule has 0 saturated carbocycles. The first-order valence-electron chi connectivity index (χ1n) is 10.4. The lowest BCUT2D eigenvalue weighted by Crippen LogP contribution is -2.33. The topological polar surface area (TPSA) is 111 Å². The smallest absolute Gasteiger partial charge is 0.412 e. The predicted molar refractivity (Wildman–Crippen MR) is 119 cm³/mol. The number of nitro benzene ring substituents is 1. The summed E-state index contributed by atoms with van der Waals surface area (Å²) in [6, 6.07) is 13.3. The average molecular weight is 433 g/mol. The summed E-state index contributed by atoms with van der Waals surface area (Å²) in [5, 5.41) is 17.1. The van der Waals surface area contributed by atoms with Crippen molar-refractivity contribution in [3.05, 3.63) is 92.5 Å². The summed E-state index contributed by atoms with van der Waals surface area (Å²) in [6.07, 6.45) is 1.19. The van der Waals surface area contributed by atoms with E-state index in [1.54, 1.807) is 25.1 Å². The summed E-state index contributed by atoms with van der Waals surface area (Å²) in [5.41, 5.74) is 4.10. The number of non-ortho nitro benzene ring substituents is 1. The van der Waals surface area contributed by atoms with Crippen LogP contribution in [0.4, 0.5) is 16.2 Å². The Morgan fingerprint density at radius 1 is 1.12 bits per heavy atom. The first-order chi connectivity index (χ1) is 15.3. The lowest BCUT2D eigenvalue weighted by molar-refractivity contribution is -0.384. The number of ether oxygens (including phenoxy) is 1. The van der Waals surface area contributed by atoms with Gasteiger partial charge < -0.3 is 10.1 Å². The molecule has 0 spiro atoms. The highest BCUT2D eigenvalue weighted by molar-refractivity contribution is 5.99. The molecule has 164 valence electrons. The Labute approximate surface area is 185 Å². The molecule has 2 aliphatic rings. The first-order valence-corrected chi connectivity index (χ1v) is 10.4. The fourth-order valence-corrected chi connectivity index (χ4v) is 4.15. The van der Waals surface area contributed by atoms with Crippen molar-refractivity contribution in [3.8, 4) is 0 Å². The van der Waals surface area contributed by atoms with E-state index < -0.39 is 16.9 Å². The van der Waals surface area contributed by atoms with Gasteiger partial charge in [-0.25, -0.2) is 4.79 Å². The number of ketones is 1. The molecule has 4 rings (SSSR count). The second kappa shape index (κ2) is 8.66. The quantitative estimate of drug-likeness (QED) is 0.514. The molecule has 0 aromatic heterocycles. The van der Waals surface area contributed by atoms with E-state index in [1.165, 1.54) is 12.1 Å². The van der Waals surface area contributed by atoms with Crippen molar-refractivity contribution in [2.45, 2.75) is 39.0 Å². The van der Waals surface area contributed by atoms with Crippen LogP contribution in [0.5, 0.6) is 0 Å². The SMILES string of the molecule is CC1=C(OC(=O)Nc2ccccc2C)C(c2ccc([N+](=O)[O-])cc2)C2=C(CCCC2=O)N1. The number of nitro groups is 1. The summed E-state index contributed by atoms with van der Waals surface area (Å²) in [6.45, 7) is 3.66. The number of anilines is 1. The van der Waals surface area contributed by atoms with Gasteiger partial charge in [-0.2, -0.15) is 0 Å². The van der Waals surface area contributed by atoms with Crippen LogP contribution < -0.4 is 10.6 Å². The maximum Gasteiger partial charge on any atom is 0.416 e. The number of allylic oxidation sites excluding steroid dienone is 3. The number of para-hydroxylation sites is 1. The molecule has 0 fully saturated rings. The third-order valence-electron chi connectivity index (χ3n) is 5.74. The number of amides is 1. The van der Waals surface area contributed by atoms with Gasteiger partial charge in [-0.05, 0) is 43.9 Å². The maximum absolute atomic E-state index is 12.9. The normalized spacial score (nSPS) is 18.1. The van der Waals surface area contributed by atoms with E-state index in [1.807, 2.05) is 25.1 Å². The summed E-state index contributed by atoms with van der Waals surface area (Å²) in [5.74, 6) is -0.337. The summed E-state index contributed by atoms with van der Waals surface area (Å²) in [7, 11) is 0. The molecular weight excluding hydrogens is 410 g/mol. The number of hydrogen-bond acceptors (Lipinski definition) is 6. The van der Waals surface area contributed by atoms with Crippen LogP contribution in [-0.4, -0.2) is 16.8 Å². The molecule has 0 bridgehead atoms. The standard InChI is InChI=1S/C24H23N3O5/c1-14-6-3-4-7-18(14)26-24(29)32-23-15(2)25-19-8-5-9-20(28)22(19)21(23)16-10-12-17(13-11-16)27(30)31/h3-4,6-7,10-13,21,25H,5,8-9H2,1-2H3,(H,26,29).